The summed E-state index contributed by atoms with van der Waals surface area (Å²) >= 11 is 1.67. The molecule has 0 amide bonds. The van der Waals surface area contributed by atoms with Crippen molar-refractivity contribution in [2.45, 2.75) is 33.9 Å². The molecule has 0 saturated heterocycles. The SMILES string of the molecule is CC(=O)O[C@@H]1N=C(c2ccc(Nc3ccccc3)cc2)c2c(sc(C)c2C)-n2c(C)nnc21. The van der Waals surface area contributed by atoms with Crippen LogP contribution in [-0.2, 0) is 9.53 Å². The van der Waals surface area contributed by atoms with Crippen molar-refractivity contribution < 1.29 is 9.53 Å². The number of carbonyl (C=O) groups excluding carboxylic acids is 1. The number of hydrogen-bond acceptors (Lipinski definition) is 7. The number of hydrogen-bond donors (Lipinski definition) is 1. The van der Waals surface area contributed by atoms with Gasteiger partial charge in [-0.05, 0) is 50.6 Å². The molecule has 0 fully saturated rings. The van der Waals surface area contributed by atoms with E-state index in [0.717, 1.165) is 44.6 Å². The van der Waals surface area contributed by atoms with Crippen LogP contribution in [0.4, 0.5) is 11.4 Å². The molecule has 1 N–H and O–H groups in total. The molecule has 7 nitrogen and oxygen atoms in total. The summed E-state index contributed by atoms with van der Waals surface area (Å²) in [4.78, 5) is 18.0. The Morgan fingerprint density at radius 3 is 2.39 bits per heavy atom. The summed E-state index contributed by atoms with van der Waals surface area (Å²) in [5.74, 6) is 0.807. The summed E-state index contributed by atoms with van der Waals surface area (Å²) in [5, 5.41) is 12.9. The van der Waals surface area contributed by atoms with Crippen molar-refractivity contribution in [1.29, 1.82) is 0 Å². The molecule has 2 aromatic heterocycles. The highest BCUT2D eigenvalue weighted by Gasteiger charge is 2.32. The molecule has 1 aliphatic heterocycles. The van der Waals surface area contributed by atoms with Crippen LogP contribution in [0.2, 0.25) is 0 Å². The average molecular weight is 458 g/mol. The molecule has 0 bridgehead atoms. The van der Waals surface area contributed by atoms with Crippen LogP contribution in [-0.4, -0.2) is 26.4 Å². The van der Waals surface area contributed by atoms with Gasteiger partial charge in [-0.15, -0.1) is 21.5 Å². The zero-order chi connectivity index (χ0) is 23.1. The van der Waals surface area contributed by atoms with Crippen LogP contribution in [0.15, 0.2) is 59.6 Å². The number of nitrogens with zero attached hydrogens (tertiary/aromatic N) is 4. The number of aromatic nitrogens is 3. The molecule has 0 spiro atoms. The number of para-hydroxylation sites is 1. The lowest BCUT2D eigenvalue weighted by Gasteiger charge is -2.13. The van der Waals surface area contributed by atoms with Gasteiger partial charge in [0.1, 0.15) is 10.8 Å². The third-order valence-corrected chi connectivity index (χ3v) is 6.81. The van der Waals surface area contributed by atoms with Gasteiger partial charge in [0.05, 0.1) is 5.71 Å². The lowest BCUT2D eigenvalue weighted by molar-refractivity contribution is -0.146. The van der Waals surface area contributed by atoms with Gasteiger partial charge in [-0.2, -0.15) is 0 Å². The third kappa shape index (κ3) is 3.82. The molecule has 1 atom stereocenters. The van der Waals surface area contributed by atoms with Gasteiger partial charge in [0.25, 0.3) is 6.23 Å². The highest BCUT2D eigenvalue weighted by molar-refractivity contribution is 7.15. The van der Waals surface area contributed by atoms with Crippen LogP contribution in [0, 0.1) is 20.8 Å². The molecule has 166 valence electrons. The van der Waals surface area contributed by atoms with Crippen molar-refractivity contribution in [2.24, 2.45) is 4.99 Å². The van der Waals surface area contributed by atoms with Gasteiger partial charge in [-0.25, -0.2) is 4.99 Å². The van der Waals surface area contributed by atoms with Gasteiger partial charge in [-0.1, -0.05) is 30.3 Å². The van der Waals surface area contributed by atoms with E-state index in [4.69, 9.17) is 9.73 Å². The molecule has 0 saturated carbocycles. The normalized spacial score (nSPS) is 14.7. The van der Waals surface area contributed by atoms with E-state index in [2.05, 4.69) is 29.4 Å². The van der Waals surface area contributed by atoms with Gasteiger partial charge in [0.2, 0.25) is 5.82 Å². The monoisotopic (exact) mass is 457 g/mol. The van der Waals surface area contributed by atoms with Crippen molar-refractivity contribution in [3.05, 3.63) is 87.8 Å². The Labute approximate surface area is 195 Å². The summed E-state index contributed by atoms with van der Waals surface area (Å²) in [5.41, 5.74) is 5.86. The van der Waals surface area contributed by atoms with E-state index in [0.29, 0.717) is 5.82 Å². The largest absolute Gasteiger partial charge is 0.432 e. The van der Waals surface area contributed by atoms with Crippen LogP contribution < -0.4 is 5.32 Å². The summed E-state index contributed by atoms with van der Waals surface area (Å²) < 4.78 is 7.53. The minimum atomic E-state index is -0.875. The molecular weight excluding hydrogens is 434 g/mol. The molecule has 8 heteroatoms. The van der Waals surface area contributed by atoms with Crippen molar-refractivity contribution in [3.8, 4) is 5.00 Å². The lowest BCUT2D eigenvalue weighted by Crippen LogP contribution is -2.12. The zero-order valence-electron chi connectivity index (χ0n) is 18.8. The zero-order valence-corrected chi connectivity index (χ0v) is 19.6. The maximum atomic E-state index is 11.9. The molecule has 0 unspecified atom stereocenters. The number of thiophene rings is 1. The highest BCUT2D eigenvalue weighted by atomic mass is 32.1. The number of aryl methyl sites for hydroxylation is 2. The van der Waals surface area contributed by atoms with E-state index in [1.54, 1.807) is 11.3 Å². The molecule has 0 aliphatic carbocycles. The van der Waals surface area contributed by atoms with E-state index in [9.17, 15) is 4.79 Å². The summed E-state index contributed by atoms with van der Waals surface area (Å²) in [6.45, 7) is 7.46. The smallest absolute Gasteiger partial charge is 0.304 e. The Balaban J connectivity index is 1.62. The fraction of sp³-hybridized carbons (Fsp3) is 0.200. The van der Waals surface area contributed by atoms with E-state index >= 15 is 0 Å². The summed E-state index contributed by atoms with van der Waals surface area (Å²) in [6, 6.07) is 18.1. The molecule has 0 radical (unpaired) electrons. The number of fused-ring (bicyclic) bond motifs is 3. The summed E-state index contributed by atoms with van der Waals surface area (Å²) in [6.07, 6.45) is -0.875. The van der Waals surface area contributed by atoms with Gasteiger partial charge in [-0.3, -0.25) is 9.36 Å². The highest BCUT2D eigenvalue weighted by Crippen LogP contribution is 2.39. The number of aliphatic imine (C=N–C) groups is 1. The Morgan fingerprint density at radius 2 is 1.70 bits per heavy atom. The van der Waals surface area contributed by atoms with Crippen molar-refractivity contribution in [3.63, 3.8) is 0 Å². The number of carbonyl (C=O) groups is 1. The standard InChI is InChI=1S/C25H23N5O2S/c1-14-15(2)33-25-21(14)22(27-24(32-17(4)31)23-29-28-16(3)30(23)25)18-10-12-20(13-11-18)26-19-8-6-5-7-9-19/h5-13,24,26H,1-4H3/t24-/m0/s1. The van der Waals surface area contributed by atoms with E-state index in [-0.39, 0.29) is 0 Å². The van der Waals surface area contributed by atoms with Gasteiger partial charge in [0.15, 0.2) is 0 Å². The molecule has 1 aliphatic rings. The first-order valence-corrected chi connectivity index (χ1v) is 11.4. The molecule has 4 aromatic rings. The summed E-state index contributed by atoms with van der Waals surface area (Å²) in [7, 11) is 0. The Kier molecular flexibility index (Phi) is 5.30. The number of ether oxygens (including phenoxy) is 1. The van der Waals surface area contributed by atoms with Crippen molar-refractivity contribution >= 4 is 34.4 Å². The number of benzene rings is 2. The molecule has 5 rings (SSSR count). The Hall–Kier alpha value is -3.78. The van der Waals surface area contributed by atoms with Crippen LogP contribution in [0.1, 0.15) is 46.4 Å². The number of anilines is 2. The lowest BCUT2D eigenvalue weighted by atomic mass is 9.99. The van der Waals surface area contributed by atoms with Crippen molar-refractivity contribution in [1.82, 2.24) is 14.8 Å². The molecule has 33 heavy (non-hydrogen) atoms. The molecular formula is C25H23N5O2S. The fourth-order valence-corrected chi connectivity index (χ4v) is 5.14. The second-order valence-corrected chi connectivity index (χ2v) is 9.12. The minimum absolute atomic E-state index is 0.420. The van der Waals surface area contributed by atoms with Gasteiger partial charge < -0.3 is 10.1 Å². The van der Waals surface area contributed by atoms with Gasteiger partial charge in [0, 0.05) is 34.3 Å². The van der Waals surface area contributed by atoms with Gasteiger partial charge >= 0.3 is 5.97 Å². The van der Waals surface area contributed by atoms with Crippen LogP contribution >= 0.6 is 11.3 Å². The topological polar surface area (TPSA) is 81.4 Å². The van der Waals surface area contributed by atoms with E-state index in [1.807, 2.05) is 66.1 Å². The van der Waals surface area contributed by atoms with E-state index in [1.165, 1.54) is 11.8 Å². The van der Waals surface area contributed by atoms with Crippen LogP contribution in [0.5, 0.6) is 0 Å². The predicted octanol–water partition coefficient (Wildman–Crippen LogP) is 5.41. The number of rotatable bonds is 4. The quantitative estimate of drug-likeness (QED) is 0.414. The minimum Gasteiger partial charge on any atom is -0.432 e. The van der Waals surface area contributed by atoms with Crippen molar-refractivity contribution in [2.75, 3.05) is 5.32 Å². The maximum Gasteiger partial charge on any atom is 0.304 e. The first kappa shape index (κ1) is 21.1. The molecule has 2 aromatic carbocycles. The average Bonchev–Trinajstić information content (AvgIpc) is 3.27. The van der Waals surface area contributed by atoms with Crippen LogP contribution in [0.3, 0.4) is 0 Å². The second-order valence-electron chi connectivity index (χ2n) is 7.91. The van der Waals surface area contributed by atoms with E-state index < -0.39 is 12.2 Å². The fourth-order valence-electron chi connectivity index (χ4n) is 3.93. The van der Waals surface area contributed by atoms with Crippen LogP contribution in [0.25, 0.3) is 5.00 Å². The third-order valence-electron chi connectivity index (χ3n) is 5.62. The first-order valence-electron chi connectivity index (χ1n) is 10.6. The number of nitrogens with one attached hydrogen (secondary N) is 1. The molecule has 3 heterocycles. The number of esters is 1. The predicted molar refractivity (Wildman–Crippen MR) is 130 cm³/mol. The Bertz CT molecular complexity index is 1370. The first-order chi connectivity index (χ1) is 15.9. The second kappa shape index (κ2) is 8.29. The maximum absolute atomic E-state index is 11.9. The Morgan fingerprint density at radius 1 is 1.00 bits per heavy atom.